The van der Waals surface area contributed by atoms with Gasteiger partial charge in [0.15, 0.2) is 0 Å². The maximum atomic E-state index is 13.4. The van der Waals surface area contributed by atoms with Crippen molar-refractivity contribution >= 4 is 28.9 Å². The van der Waals surface area contributed by atoms with Gasteiger partial charge < -0.3 is 15.1 Å². The average Bonchev–Trinajstić information content (AvgIpc) is 2.80. The summed E-state index contributed by atoms with van der Waals surface area (Å²) in [5.41, 5.74) is 2.61. The number of piperidine rings is 2. The number of nitriles is 1. The van der Waals surface area contributed by atoms with Gasteiger partial charge in [-0.3, -0.25) is 9.59 Å². The molecule has 2 aliphatic heterocycles. The maximum Gasteiger partial charge on any atom is 0.227 e. The average molecular weight is 420 g/mol. The highest BCUT2D eigenvalue weighted by Gasteiger charge is 2.26. The quantitative estimate of drug-likeness (QED) is 0.809. The molecule has 4 rings (SSSR count). The van der Waals surface area contributed by atoms with Gasteiger partial charge >= 0.3 is 0 Å². The lowest BCUT2D eigenvalue weighted by Crippen LogP contribution is -2.38. The van der Waals surface area contributed by atoms with Crippen molar-refractivity contribution in [1.29, 1.82) is 5.26 Å². The van der Waals surface area contributed by atoms with Crippen molar-refractivity contribution in [3.63, 3.8) is 0 Å². The number of hydrogen-bond donors (Lipinski definition) is 1. The molecule has 160 valence electrons. The number of rotatable bonds is 4. The van der Waals surface area contributed by atoms with E-state index in [-0.39, 0.29) is 17.7 Å². The molecule has 2 aromatic carbocycles. The van der Waals surface area contributed by atoms with Crippen LogP contribution in [0.4, 0.5) is 21.5 Å². The van der Waals surface area contributed by atoms with Crippen LogP contribution in [-0.4, -0.2) is 31.4 Å². The van der Waals surface area contributed by atoms with Gasteiger partial charge in [0.05, 0.1) is 11.3 Å². The first-order chi connectivity index (χ1) is 15.0. The van der Waals surface area contributed by atoms with Crippen LogP contribution in [0, 0.1) is 23.1 Å². The summed E-state index contributed by atoms with van der Waals surface area (Å²) in [6.45, 7) is 2.01. The number of anilines is 3. The molecule has 7 heteroatoms. The molecule has 0 spiro atoms. The first-order valence-electron chi connectivity index (χ1n) is 10.7. The molecule has 2 heterocycles. The summed E-state index contributed by atoms with van der Waals surface area (Å²) in [7, 11) is 0. The summed E-state index contributed by atoms with van der Waals surface area (Å²) in [6, 6.07) is 13.7. The van der Waals surface area contributed by atoms with Crippen LogP contribution >= 0.6 is 0 Å². The van der Waals surface area contributed by atoms with E-state index in [1.807, 2.05) is 35.2 Å². The van der Waals surface area contributed by atoms with Crippen molar-refractivity contribution < 1.29 is 14.0 Å². The van der Waals surface area contributed by atoms with E-state index in [4.69, 9.17) is 0 Å². The lowest BCUT2D eigenvalue weighted by atomic mass is 9.95. The largest absolute Gasteiger partial charge is 0.370 e. The van der Waals surface area contributed by atoms with Crippen LogP contribution in [0.25, 0.3) is 0 Å². The number of nitrogens with zero attached hydrogens (tertiary/aromatic N) is 3. The van der Waals surface area contributed by atoms with E-state index >= 15 is 0 Å². The molecule has 6 nitrogen and oxygen atoms in total. The first kappa shape index (κ1) is 20.9. The molecule has 0 bridgehead atoms. The summed E-state index contributed by atoms with van der Waals surface area (Å²) in [5.74, 6) is -0.424. The van der Waals surface area contributed by atoms with E-state index in [1.54, 1.807) is 11.0 Å². The molecule has 0 radical (unpaired) electrons. The number of nitrogens with one attached hydrogen (secondary N) is 1. The number of carbonyl (C=O) groups excluding carboxylic acids is 2. The van der Waals surface area contributed by atoms with E-state index in [0.29, 0.717) is 49.3 Å². The Hall–Kier alpha value is -3.40. The topological polar surface area (TPSA) is 76.4 Å². The Morgan fingerprint density at radius 2 is 1.81 bits per heavy atom. The molecule has 2 aliphatic rings. The van der Waals surface area contributed by atoms with Gasteiger partial charge in [0, 0.05) is 43.3 Å². The van der Waals surface area contributed by atoms with Crippen LogP contribution in [0.1, 0.15) is 37.7 Å². The molecule has 2 fully saturated rings. The van der Waals surface area contributed by atoms with Gasteiger partial charge in [-0.15, -0.1) is 0 Å². The molecule has 2 saturated heterocycles. The Labute approximate surface area is 181 Å². The second-order valence-electron chi connectivity index (χ2n) is 8.07. The molecule has 2 aromatic rings. The fourth-order valence-corrected chi connectivity index (χ4v) is 4.30. The molecule has 0 aromatic heterocycles. The second kappa shape index (κ2) is 9.17. The van der Waals surface area contributed by atoms with Crippen LogP contribution in [-0.2, 0) is 9.59 Å². The zero-order valence-electron chi connectivity index (χ0n) is 17.3. The number of benzene rings is 2. The van der Waals surface area contributed by atoms with Gasteiger partial charge in [-0.25, -0.2) is 4.39 Å². The normalized spacial score (nSPS) is 17.4. The van der Waals surface area contributed by atoms with Crippen molar-refractivity contribution in [2.24, 2.45) is 5.92 Å². The van der Waals surface area contributed by atoms with Gasteiger partial charge in [-0.05, 0) is 68.1 Å². The van der Waals surface area contributed by atoms with Crippen LogP contribution in [0.15, 0.2) is 42.5 Å². The predicted octanol–water partition coefficient (Wildman–Crippen LogP) is 4.07. The van der Waals surface area contributed by atoms with Crippen LogP contribution in [0.3, 0.4) is 0 Å². The van der Waals surface area contributed by atoms with Crippen molar-refractivity contribution in [2.75, 3.05) is 34.8 Å². The minimum absolute atomic E-state index is 0.0268. The number of hydrogen-bond acceptors (Lipinski definition) is 4. The Bertz CT molecular complexity index is 1010. The molecule has 0 unspecified atom stereocenters. The number of amides is 2. The highest BCUT2D eigenvalue weighted by atomic mass is 19.1. The molecule has 31 heavy (non-hydrogen) atoms. The Morgan fingerprint density at radius 3 is 2.48 bits per heavy atom. The zero-order chi connectivity index (χ0) is 21.8. The standard InChI is InChI=1S/C24H25FN4O2/c25-19-4-9-22(18(15-19)16-26)28-13-10-17(11-14-28)24(31)27-20-5-7-21(8-6-20)29-12-2-1-3-23(29)30/h4-9,15,17H,1-3,10-14H2,(H,27,31). The highest BCUT2D eigenvalue weighted by molar-refractivity contribution is 5.95. The van der Waals surface area contributed by atoms with Gasteiger partial charge in [0.2, 0.25) is 11.8 Å². The minimum atomic E-state index is -0.426. The van der Waals surface area contributed by atoms with Crippen molar-refractivity contribution in [1.82, 2.24) is 0 Å². The Kier molecular flexibility index (Phi) is 6.17. The molecular formula is C24H25FN4O2. The number of halogens is 1. The molecule has 1 N–H and O–H groups in total. The van der Waals surface area contributed by atoms with Gasteiger partial charge in [-0.2, -0.15) is 5.26 Å². The van der Waals surface area contributed by atoms with Gasteiger partial charge in [0.1, 0.15) is 11.9 Å². The number of carbonyl (C=O) groups is 2. The Balaban J connectivity index is 1.33. The van der Waals surface area contributed by atoms with E-state index in [2.05, 4.69) is 5.32 Å². The van der Waals surface area contributed by atoms with E-state index < -0.39 is 5.82 Å². The third-order valence-electron chi connectivity index (χ3n) is 6.06. The fraction of sp³-hybridized carbons (Fsp3) is 0.375. The summed E-state index contributed by atoms with van der Waals surface area (Å²) in [6.07, 6.45) is 3.87. The van der Waals surface area contributed by atoms with Gasteiger partial charge in [-0.1, -0.05) is 0 Å². The molecule has 0 atom stereocenters. The van der Waals surface area contributed by atoms with Crippen LogP contribution in [0.2, 0.25) is 0 Å². The maximum absolute atomic E-state index is 13.4. The Morgan fingerprint density at radius 1 is 1.06 bits per heavy atom. The highest BCUT2D eigenvalue weighted by Crippen LogP contribution is 2.28. The molecule has 2 amide bonds. The van der Waals surface area contributed by atoms with Crippen LogP contribution < -0.4 is 15.1 Å². The SMILES string of the molecule is N#Cc1cc(F)ccc1N1CCC(C(=O)Nc2ccc(N3CCCCC3=O)cc2)CC1. The van der Waals surface area contributed by atoms with E-state index in [9.17, 15) is 19.2 Å². The predicted molar refractivity (Wildman–Crippen MR) is 117 cm³/mol. The smallest absolute Gasteiger partial charge is 0.227 e. The van der Waals surface area contributed by atoms with E-state index in [0.717, 1.165) is 25.1 Å². The molecule has 0 saturated carbocycles. The third-order valence-corrected chi connectivity index (χ3v) is 6.06. The zero-order valence-corrected chi connectivity index (χ0v) is 17.3. The lowest BCUT2D eigenvalue weighted by molar-refractivity contribution is -0.120. The summed E-state index contributed by atoms with van der Waals surface area (Å²) in [4.78, 5) is 28.6. The van der Waals surface area contributed by atoms with E-state index in [1.165, 1.54) is 12.1 Å². The third kappa shape index (κ3) is 4.69. The molecule has 0 aliphatic carbocycles. The summed E-state index contributed by atoms with van der Waals surface area (Å²) in [5, 5.41) is 12.2. The van der Waals surface area contributed by atoms with Crippen LogP contribution in [0.5, 0.6) is 0 Å². The van der Waals surface area contributed by atoms with Crippen molar-refractivity contribution in [2.45, 2.75) is 32.1 Å². The first-order valence-corrected chi connectivity index (χ1v) is 10.7. The van der Waals surface area contributed by atoms with Crippen molar-refractivity contribution in [3.8, 4) is 6.07 Å². The lowest BCUT2D eigenvalue weighted by Gasteiger charge is -2.33. The monoisotopic (exact) mass is 420 g/mol. The fourth-order valence-electron chi connectivity index (χ4n) is 4.30. The van der Waals surface area contributed by atoms with Crippen molar-refractivity contribution in [3.05, 3.63) is 53.8 Å². The second-order valence-corrected chi connectivity index (χ2v) is 8.07. The summed E-state index contributed by atoms with van der Waals surface area (Å²) < 4.78 is 13.4. The minimum Gasteiger partial charge on any atom is -0.370 e. The molecular weight excluding hydrogens is 395 g/mol. The summed E-state index contributed by atoms with van der Waals surface area (Å²) >= 11 is 0. The van der Waals surface area contributed by atoms with Gasteiger partial charge in [0.25, 0.3) is 0 Å².